The fraction of sp³-hybridized carbons (Fsp3) is 0.125. The van der Waals surface area contributed by atoms with Gasteiger partial charge in [0.15, 0.2) is 4.34 Å². The average molecular weight is 394 g/mol. The molecule has 0 saturated carbocycles. The van der Waals surface area contributed by atoms with Crippen LogP contribution in [0.3, 0.4) is 0 Å². The fourth-order valence-electron chi connectivity index (χ4n) is 2.11. The van der Waals surface area contributed by atoms with Gasteiger partial charge in [-0.1, -0.05) is 30.0 Å². The number of carbonyl (C=O) groups is 1. The molecule has 3 rings (SSSR count). The number of hydrogen-bond donors (Lipinski definition) is 2. The van der Waals surface area contributed by atoms with Gasteiger partial charge in [0.2, 0.25) is 15.9 Å². The van der Waals surface area contributed by atoms with E-state index in [1.807, 2.05) is 24.3 Å². The SMILES string of the molecule is CS(=O)(=O)Nc1cccc(NC(=O)CSc2nc3ccccc3s2)c1. The Morgan fingerprint density at radius 2 is 1.92 bits per heavy atom. The van der Waals surface area contributed by atoms with Gasteiger partial charge in [0, 0.05) is 5.69 Å². The van der Waals surface area contributed by atoms with E-state index in [1.165, 1.54) is 11.8 Å². The first kappa shape index (κ1) is 17.7. The maximum atomic E-state index is 12.1. The molecule has 0 radical (unpaired) electrons. The first-order valence-electron chi connectivity index (χ1n) is 7.25. The molecule has 1 aromatic heterocycles. The summed E-state index contributed by atoms with van der Waals surface area (Å²) < 4.78 is 26.8. The lowest BCUT2D eigenvalue weighted by atomic mass is 10.3. The van der Waals surface area contributed by atoms with E-state index in [9.17, 15) is 13.2 Å². The average Bonchev–Trinajstić information content (AvgIpc) is 2.94. The van der Waals surface area contributed by atoms with Crippen molar-refractivity contribution in [3.63, 3.8) is 0 Å². The maximum absolute atomic E-state index is 12.1. The molecule has 6 nitrogen and oxygen atoms in total. The van der Waals surface area contributed by atoms with Crippen molar-refractivity contribution >= 4 is 60.6 Å². The van der Waals surface area contributed by atoms with Gasteiger partial charge in [0.1, 0.15) is 0 Å². The van der Waals surface area contributed by atoms with E-state index in [2.05, 4.69) is 15.0 Å². The molecular weight excluding hydrogens is 378 g/mol. The van der Waals surface area contributed by atoms with Crippen LogP contribution < -0.4 is 10.0 Å². The quantitative estimate of drug-likeness (QED) is 0.627. The summed E-state index contributed by atoms with van der Waals surface area (Å²) in [4.78, 5) is 16.6. The highest BCUT2D eigenvalue weighted by molar-refractivity contribution is 8.01. The summed E-state index contributed by atoms with van der Waals surface area (Å²) in [6.07, 6.45) is 1.08. The maximum Gasteiger partial charge on any atom is 0.234 e. The lowest BCUT2D eigenvalue weighted by molar-refractivity contribution is -0.113. The Kier molecular flexibility index (Phi) is 5.26. The van der Waals surface area contributed by atoms with Crippen molar-refractivity contribution in [2.75, 3.05) is 22.0 Å². The number of nitrogens with zero attached hydrogens (tertiary/aromatic N) is 1. The molecule has 0 unspecified atom stereocenters. The van der Waals surface area contributed by atoms with Crippen molar-refractivity contribution in [3.8, 4) is 0 Å². The third kappa shape index (κ3) is 5.18. The van der Waals surface area contributed by atoms with Crippen molar-refractivity contribution < 1.29 is 13.2 Å². The third-order valence-electron chi connectivity index (χ3n) is 3.05. The normalized spacial score (nSPS) is 11.4. The Hall–Kier alpha value is -2.10. The molecule has 0 aliphatic carbocycles. The summed E-state index contributed by atoms with van der Waals surface area (Å²) in [6, 6.07) is 14.4. The highest BCUT2D eigenvalue weighted by atomic mass is 32.2. The molecule has 9 heteroatoms. The number of carbonyl (C=O) groups excluding carboxylic acids is 1. The van der Waals surface area contributed by atoms with E-state index >= 15 is 0 Å². The van der Waals surface area contributed by atoms with Crippen LogP contribution in [0.5, 0.6) is 0 Å². The number of thiazole rings is 1. The van der Waals surface area contributed by atoms with Crippen LogP contribution in [0, 0.1) is 0 Å². The van der Waals surface area contributed by atoms with Crippen molar-refractivity contribution in [2.45, 2.75) is 4.34 Å². The van der Waals surface area contributed by atoms with Crippen molar-refractivity contribution in [2.24, 2.45) is 0 Å². The molecule has 0 fully saturated rings. The molecule has 25 heavy (non-hydrogen) atoms. The number of benzene rings is 2. The second-order valence-electron chi connectivity index (χ2n) is 5.24. The number of nitrogens with one attached hydrogen (secondary N) is 2. The van der Waals surface area contributed by atoms with E-state index in [1.54, 1.807) is 35.6 Å². The molecule has 1 heterocycles. The molecule has 1 amide bonds. The lowest BCUT2D eigenvalue weighted by Crippen LogP contribution is -2.14. The van der Waals surface area contributed by atoms with Gasteiger partial charge in [0.25, 0.3) is 0 Å². The Morgan fingerprint density at radius 1 is 1.16 bits per heavy atom. The van der Waals surface area contributed by atoms with Gasteiger partial charge in [-0.3, -0.25) is 9.52 Å². The van der Waals surface area contributed by atoms with Crippen LogP contribution in [0.4, 0.5) is 11.4 Å². The summed E-state index contributed by atoms with van der Waals surface area (Å²) >= 11 is 2.92. The third-order valence-corrected chi connectivity index (χ3v) is 5.84. The highest BCUT2D eigenvalue weighted by Crippen LogP contribution is 2.29. The van der Waals surface area contributed by atoms with Crippen LogP contribution in [0.2, 0.25) is 0 Å². The minimum Gasteiger partial charge on any atom is -0.325 e. The number of amides is 1. The number of hydrogen-bond acceptors (Lipinski definition) is 6. The van der Waals surface area contributed by atoms with E-state index in [4.69, 9.17) is 0 Å². The van der Waals surface area contributed by atoms with Crippen LogP contribution >= 0.6 is 23.1 Å². The topological polar surface area (TPSA) is 88.2 Å². The predicted octanol–water partition coefficient (Wildman–Crippen LogP) is 3.40. The summed E-state index contributed by atoms with van der Waals surface area (Å²) in [5, 5.41) is 2.75. The van der Waals surface area contributed by atoms with Gasteiger partial charge in [-0.15, -0.1) is 11.3 Å². The molecule has 2 N–H and O–H groups in total. The van der Waals surface area contributed by atoms with Crippen LogP contribution in [0.25, 0.3) is 10.2 Å². The van der Waals surface area contributed by atoms with Crippen LogP contribution in [-0.2, 0) is 14.8 Å². The summed E-state index contributed by atoms with van der Waals surface area (Å²) in [6.45, 7) is 0. The zero-order valence-electron chi connectivity index (χ0n) is 13.2. The van der Waals surface area contributed by atoms with E-state index in [0.29, 0.717) is 11.4 Å². The Bertz CT molecular complexity index is 982. The molecule has 2 aromatic carbocycles. The summed E-state index contributed by atoms with van der Waals surface area (Å²) in [5.41, 5.74) is 1.86. The van der Waals surface area contributed by atoms with Gasteiger partial charge in [-0.05, 0) is 30.3 Å². The Morgan fingerprint density at radius 3 is 2.68 bits per heavy atom. The number of rotatable bonds is 6. The zero-order chi connectivity index (χ0) is 17.9. The minimum absolute atomic E-state index is 0.180. The zero-order valence-corrected chi connectivity index (χ0v) is 15.7. The molecule has 0 aliphatic rings. The lowest BCUT2D eigenvalue weighted by Gasteiger charge is -2.08. The largest absolute Gasteiger partial charge is 0.325 e. The van der Waals surface area contributed by atoms with Gasteiger partial charge < -0.3 is 5.32 Å². The Balaban J connectivity index is 1.59. The molecule has 0 spiro atoms. The standard InChI is InChI=1S/C16H15N3O3S3/c1-25(21,22)19-12-6-4-5-11(9-12)17-15(20)10-23-16-18-13-7-2-3-8-14(13)24-16/h2-9,19H,10H2,1H3,(H,17,20). The highest BCUT2D eigenvalue weighted by Gasteiger charge is 2.09. The van der Waals surface area contributed by atoms with Gasteiger partial charge in [0.05, 0.1) is 27.9 Å². The van der Waals surface area contributed by atoms with Crippen LogP contribution in [0.15, 0.2) is 52.9 Å². The van der Waals surface area contributed by atoms with Crippen molar-refractivity contribution in [3.05, 3.63) is 48.5 Å². The molecule has 0 aliphatic heterocycles. The second-order valence-corrected chi connectivity index (χ2v) is 9.24. The molecule has 0 saturated heterocycles. The number of fused-ring (bicyclic) bond motifs is 1. The van der Waals surface area contributed by atoms with Crippen LogP contribution in [0.1, 0.15) is 0 Å². The van der Waals surface area contributed by atoms with Crippen LogP contribution in [-0.4, -0.2) is 31.3 Å². The molecule has 130 valence electrons. The van der Waals surface area contributed by atoms with E-state index in [-0.39, 0.29) is 11.7 Å². The molecule has 3 aromatic rings. The number of thioether (sulfide) groups is 1. The smallest absolute Gasteiger partial charge is 0.234 e. The first-order chi connectivity index (χ1) is 11.9. The Labute approximate surface area is 153 Å². The predicted molar refractivity (Wildman–Crippen MR) is 104 cm³/mol. The minimum atomic E-state index is -3.36. The van der Waals surface area contributed by atoms with Gasteiger partial charge in [-0.2, -0.15) is 0 Å². The number of anilines is 2. The van der Waals surface area contributed by atoms with E-state index in [0.717, 1.165) is 20.8 Å². The molecule has 0 bridgehead atoms. The number of sulfonamides is 1. The number of para-hydroxylation sites is 1. The fourth-order valence-corrected chi connectivity index (χ4v) is 4.54. The van der Waals surface area contributed by atoms with Crippen molar-refractivity contribution in [1.82, 2.24) is 4.98 Å². The summed E-state index contributed by atoms with van der Waals surface area (Å²) in [7, 11) is -3.36. The number of aromatic nitrogens is 1. The molecular formula is C16H15N3O3S3. The summed E-state index contributed by atoms with van der Waals surface area (Å²) in [5.74, 6) is 0.0459. The second kappa shape index (κ2) is 7.42. The first-order valence-corrected chi connectivity index (χ1v) is 10.9. The monoisotopic (exact) mass is 393 g/mol. The van der Waals surface area contributed by atoms with E-state index < -0.39 is 10.0 Å². The molecule has 0 atom stereocenters. The van der Waals surface area contributed by atoms with Gasteiger partial charge in [-0.25, -0.2) is 13.4 Å². The van der Waals surface area contributed by atoms with Crippen molar-refractivity contribution in [1.29, 1.82) is 0 Å². The van der Waals surface area contributed by atoms with Gasteiger partial charge >= 0.3 is 0 Å².